The summed E-state index contributed by atoms with van der Waals surface area (Å²) in [5.41, 5.74) is 3.62. The number of aryl methyl sites for hydroxylation is 2. The zero-order valence-electron chi connectivity index (χ0n) is 18.3. The third-order valence-corrected chi connectivity index (χ3v) is 6.22. The van der Waals surface area contributed by atoms with Crippen molar-refractivity contribution in [1.82, 2.24) is 4.90 Å². The molecule has 6 heteroatoms. The van der Waals surface area contributed by atoms with Crippen molar-refractivity contribution in [3.8, 4) is 5.75 Å². The van der Waals surface area contributed by atoms with Gasteiger partial charge in [0.15, 0.2) is 0 Å². The van der Waals surface area contributed by atoms with Gasteiger partial charge in [-0.15, -0.1) is 0 Å². The van der Waals surface area contributed by atoms with Gasteiger partial charge in [0.1, 0.15) is 11.3 Å². The van der Waals surface area contributed by atoms with Crippen molar-refractivity contribution >= 4 is 22.6 Å². The van der Waals surface area contributed by atoms with Crippen molar-refractivity contribution in [2.75, 3.05) is 38.2 Å². The van der Waals surface area contributed by atoms with Crippen molar-refractivity contribution < 1.29 is 13.9 Å². The average Bonchev–Trinajstić information content (AvgIpc) is 2.80. The molecule has 1 aromatic heterocycles. The Morgan fingerprint density at radius 3 is 2.39 bits per heavy atom. The average molecular weight is 421 g/mol. The van der Waals surface area contributed by atoms with E-state index in [0.717, 1.165) is 29.6 Å². The zero-order chi connectivity index (χ0) is 22.0. The predicted octanol–water partition coefficient (Wildman–Crippen LogP) is 3.70. The van der Waals surface area contributed by atoms with Gasteiger partial charge in [0, 0.05) is 54.8 Å². The van der Waals surface area contributed by atoms with Crippen LogP contribution in [-0.4, -0.2) is 44.1 Å². The number of nitrogens with zero attached hydrogens (tertiary/aromatic N) is 2. The van der Waals surface area contributed by atoms with Crippen LogP contribution >= 0.6 is 0 Å². The normalized spacial score (nSPS) is 14.2. The summed E-state index contributed by atoms with van der Waals surface area (Å²) >= 11 is 0. The lowest BCUT2D eigenvalue weighted by molar-refractivity contribution is -0.131. The molecule has 0 spiro atoms. The van der Waals surface area contributed by atoms with Crippen LogP contribution in [0.1, 0.15) is 23.1 Å². The molecule has 1 saturated heterocycles. The zero-order valence-corrected chi connectivity index (χ0v) is 18.3. The lowest BCUT2D eigenvalue weighted by atomic mass is 10.00. The molecule has 2 heterocycles. The van der Waals surface area contributed by atoms with Gasteiger partial charge in [0.05, 0.1) is 7.11 Å². The molecule has 0 atom stereocenters. The van der Waals surface area contributed by atoms with Crippen molar-refractivity contribution in [1.29, 1.82) is 0 Å². The number of amides is 1. The molecule has 31 heavy (non-hydrogen) atoms. The van der Waals surface area contributed by atoms with Crippen LogP contribution < -0.4 is 15.3 Å². The summed E-state index contributed by atoms with van der Waals surface area (Å²) in [6.45, 7) is 6.81. The fourth-order valence-electron chi connectivity index (χ4n) is 4.32. The number of piperazine rings is 1. The summed E-state index contributed by atoms with van der Waals surface area (Å²) in [5, 5.41) is 0.886. The number of fused-ring (bicyclic) bond motifs is 1. The van der Waals surface area contributed by atoms with Crippen LogP contribution in [0, 0.1) is 13.8 Å². The highest BCUT2D eigenvalue weighted by Gasteiger charge is 2.22. The standard InChI is InChI=1S/C25H28N2O4/c1-17-20-9-11-22(30-3)18(2)24(20)31-25(29)21(17)10-12-23(28)27-15-13-26(14-16-27)19-7-5-4-6-8-19/h4-9,11H,10,12-16H2,1-3H3. The number of ether oxygens (including phenoxy) is 1. The lowest BCUT2D eigenvalue weighted by Gasteiger charge is -2.36. The lowest BCUT2D eigenvalue weighted by Crippen LogP contribution is -2.48. The number of hydrogen-bond acceptors (Lipinski definition) is 5. The maximum absolute atomic E-state index is 12.8. The van der Waals surface area contributed by atoms with E-state index < -0.39 is 0 Å². The maximum atomic E-state index is 12.8. The van der Waals surface area contributed by atoms with Crippen molar-refractivity contribution in [2.45, 2.75) is 26.7 Å². The number of methoxy groups -OCH3 is 1. The quantitative estimate of drug-likeness (QED) is 0.589. The van der Waals surface area contributed by atoms with Gasteiger partial charge >= 0.3 is 5.63 Å². The molecular formula is C25H28N2O4. The first kappa shape index (κ1) is 21.0. The highest BCUT2D eigenvalue weighted by Crippen LogP contribution is 2.29. The van der Waals surface area contributed by atoms with Gasteiger partial charge in [-0.05, 0) is 50.1 Å². The molecule has 6 nitrogen and oxygen atoms in total. The van der Waals surface area contributed by atoms with Gasteiger partial charge in [0.2, 0.25) is 5.91 Å². The van der Waals surface area contributed by atoms with Gasteiger partial charge in [-0.2, -0.15) is 0 Å². The Balaban J connectivity index is 1.43. The second kappa shape index (κ2) is 8.84. The summed E-state index contributed by atoms with van der Waals surface area (Å²) in [4.78, 5) is 29.6. The topological polar surface area (TPSA) is 63.0 Å². The third-order valence-electron chi connectivity index (χ3n) is 6.22. The largest absolute Gasteiger partial charge is 0.496 e. The SMILES string of the molecule is COc1ccc2c(C)c(CCC(=O)N3CCN(c4ccccc4)CC3)c(=O)oc2c1C. The Kier molecular flexibility index (Phi) is 5.98. The monoisotopic (exact) mass is 420 g/mol. The summed E-state index contributed by atoms with van der Waals surface area (Å²) in [5.74, 6) is 0.769. The summed E-state index contributed by atoms with van der Waals surface area (Å²) in [6.07, 6.45) is 0.685. The maximum Gasteiger partial charge on any atom is 0.339 e. The van der Waals surface area contributed by atoms with E-state index in [4.69, 9.17) is 9.15 Å². The molecule has 1 aliphatic heterocycles. The minimum absolute atomic E-state index is 0.0810. The third kappa shape index (κ3) is 4.15. The molecule has 0 radical (unpaired) electrons. The predicted molar refractivity (Wildman–Crippen MR) is 122 cm³/mol. The Bertz CT molecular complexity index is 1150. The number of rotatable bonds is 5. The van der Waals surface area contributed by atoms with E-state index in [2.05, 4.69) is 17.0 Å². The second-order valence-electron chi connectivity index (χ2n) is 7.97. The molecule has 0 aliphatic carbocycles. The van der Waals surface area contributed by atoms with Crippen LogP contribution in [0.3, 0.4) is 0 Å². The molecule has 0 unspecified atom stereocenters. The van der Waals surface area contributed by atoms with Crippen LogP contribution in [0.4, 0.5) is 5.69 Å². The number of hydrogen-bond donors (Lipinski definition) is 0. The highest BCUT2D eigenvalue weighted by atomic mass is 16.5. The first-order valence-electron chi connectivity index (χ1n) is 10.7. The molecule has 1 aliphatic rings. The molecule has 0 N–H and O–H groups in total. The van der Waals surface area contributed by atoms with E-state index in [1.54, 1.807) is 7.11 Å². The molecular weight excluding hydrogens is 392 g/mol. The van der Waals surface area contributed by atoms with Crippen LogP contribution in [0.25, 0.3) is 11.0 Å². The van der Waals surface area contributed by atoms with Crippen LogP contribution in [0.2, 0.25) is 0 Å². The number of carbonyl (C=O) groups is 1. The van der Waals surface area contributed by atoms with Crippen LogP contribution in [0.5, 0.6) is 5.75 Å². The number of carbonyl (C=O) groups excluding carboxylic acids is 1. The van der Waals surface area contributed by atoms with E-state index in [0.29, 0.717) is 42.8 Å². The number of para-hydroxylation sites is 1. The Labute approximate surface area is 182 Å². The van der Waals surface area contributed by atoms with Crippen molar-refractivity contribution in [3.63, 3.8) is 0 Å². The number of anilines is 1. The van der Waals surface area contributed by atoms with E-state index >= 15 is 0 Å². The minimum atomic E-state index is -0.372. The first-order chi connectivity index (χ1) is 15.0. The van der Waals surface area contributed by atoms with E-state index in [9.17, 15) is 9.59 Å². The molecule has 0 saturated carbocycles. The van der Waals surface area contributed by atoms with E-state index in [-0.39, 0.29) is 11.5 Å². The summed E-state index contributed by atoms with van der Waals surface area (Å²) in [7, 11) is 1.60. The van der Waals surface area contributed by atoms with Gasteiger partial charge in [-0.25, -0.2) is 4.79 Å². The second-order valence-corrected chi connectivity index (χ2v) is 7.97. The van der Waals surface area contributed by atoms with Crippen LogP contribution in [0.15, 0.2) is 51.7 Å². The Morgan fingerprint density at radius 1 is 1.00 bits per heavy atom. The fraction of sp³-hybridized carbons (Fsp3) is 0.360. The first-order valence-corrected chi connectivity index (χ1v) is 10.7. The Morgan fingerprint density at radius 2 is 1.71 bits per heavy atom. The van der Waals surface area contributed by atoms with Gasteiger partial charge < -0.3 is 19.0 Å². The molecule has 162 valence electrons. The highest BCUT2D eigenvalue weighted by molar-refractivity contribution is 5.86. The summed E-state index contributed by atoms with van der Waals surface area (Å²) in [6, 6.07) is 14.0. The molecule has 4 rings (SSSR count). The molecule has 1 amide bonds. The van der Waals surface area contributed by atoms with Gasteiger partial charge in [-0.3, -0.25) is 4.79 Å². The molecule has 3 aromatic rings. The van der Waals surface area contributed by atoms with Gasteiger partial charge in [-0.1, -0.05) is 18.2 Å². The van der Waals surface area contributed by atoms with Gasteiger partial charge in [0.25, 0.3) is 0 Å². The summed E-state index contributed by atoms with van der Waals surface area (Å²) < 4.78 is 10.9. The minimum Gasteiger partial charge on any atom is -0.496 e. The fourth-order valence-corrected chi connectivity index (χ4v) is 4.32. The van der Waals surface area contributed by atoms with Crippen LogP contribution in [-0.2, 0) is 11.2 Å². The number of benzene rings is 2. The molecule has 1 fully saturated rings. The molecule has 0 bridgehead atoms. The molecule has 2 aromatic carbocycles. The van der Waals surface area contributed by atoms with E-state index in [1.165, 1.54) is 5.69 Å². The smallest absolute Gasteiger partial charge is 0.339 e. The Hall–Kier alpha value is -3.28. The van der Waals surface area contributed by atoms with Crippen molar-refractivity contribution in [3.05, 3.63) is 69.6 Å². The van der Waals surface area contributed by atoms with Crippen molar-refractivity contribution in [2.24, 2.45) is 0 Å². The van der Waals surface area contributed by atoms with E-state index in [1.807, 2.05) is 49.1 Å².